The van der Waals surface area contributed by atoms with Crippen LogP contribution in [-0.4, -0.2) is 36.5 Å². The molecule has 1 atom stereocenters. The molecule has 3 aromatic carbocycles. The molecule has 0 aliphatic carbocycles. The van der Waals surface area contributed by atoms with E-state index >= 15 is 0 Å². The van der Waals surface area contributed by atoms with Crippen LogP contribution in [-0.2, 0) is 9.59 Å². The van der Waals surface area contributed by atoms with Gasteiger partial charge in [-0.2, -0.15) is 0 Å². The minimum absolute atomic E-state index is 0.0807. The lowest BCUT2D eigenvalue weighted by Gasteiger charge is -2.28. The molecule has 1 aliphatic heterocycles. The van der Waals surface area contributed by atoms with Crippen molar-refractivity contribution in [3.63, 3.8) is 0 Å². The number of benzene rings is 3. The van der Waals surface area contributed by atoms with Crippen molar-refractivity contribution in [3.8, 4) is 5.75 Å². The molecule has 1 saturated heterocycles. The monoisotopic (exact) mass is 540 g/mol. The molecule has 1 N–H and O–H groups in total. The van der Waals surface area contributed by atoms with Crippen LogP contribution in [0.2, 0.25) is 0 Å². The van der Waals surface area contributed by atoms with Gasteiger partial charge in [-0.05, 0) is 87.7 Å². The summed E-state index contributed by atoms with van der Waals surface area (Å²) in [5.74, 6) is -0.842. The van der Waals surface area contributed by atoms with Crippen LogP contribution in [0.4, 0.5) is 11.4 Å². The fraction of sp³-hybridized carbons (Fsp3) is 0.353. The fourth-order valence-corrected chi connectivity index (χ4v) is 5.33. The van der Waals surface area contributed by atoms with Gasteiger partial charge in [-0.3, -0.25) is 14.5 Å². The minimum Gasteiger partial charge on any atom is -0.507 e. The Kier molecular flexibility index (Phi) is 9.30. The van der Waals surface area contributed by atoms with Crippen molar-refractivity contribution in [3.05, 3.63) is 94.6 Å². The third-order valence-corrected chi connectivity index (χ3v) is 7.54. The average molecular weight is 541 g/mol. The van der Waals surface area contributed by atoms with Gasteiger partial charge < -0.3 is 14.7 Å². The SMILES string of the molecule is CCCCCOc1ccc(/C(O)=C2\C(=O)C(=O)N(c3ccc(C)cc3C)C2c2ccc(N(CC)CC)cc2)cc1. The topological polar surface area (TPSA) is 70.1 Å². The highest BCUT2D eigenvalue weighted by Gasteiger charge is 2.47. The predicted molar refractivity (Wildman–Crippen MR) is 162 cm³/mol. The molecule has 6 nitrogen and oxygen atoms in total. The van der Waals surface area contributed by atoms with Crippen LogP contribution in [0.3, 0.4) is 0 Å². The van der Waals surface area contributed by atoms with E-state index in [1.807, 2.05) is 56.3 Å². The quantitative estimate of drug-likeness (QED) is 0.119. The number of nitrogens with zero attached hydrogens (tertiary/aromatic N) is 2. The first-order valence-electron chi connectivity index (χ1n) is 14.3. The Hall–Kier alpha value is -4.06. The van der Waals surface area contributed by atoms with Crippen molar-refractivity contribution >= 4 is 28.8 Å². The molecule has 0 saturated carbocycles. The van der Waals surface area contributed by atoms with Crippen LogP contribution in [0.1, 0.15) is 68.3 Å². The molecule has 210 valence electrons. The van der Waals surface area contributed by atoms with Crippen molar-refractivity contribution in [2.24, 2.45) is 0 Å². The average Bonchev–Trinajstić information content (AvgIpc) is 3.22. The van der Waals surface area contributed by atoms with Crippen molar-refractivity contribution < 1.29 is 19.4 Å². The number of anilines is 2. The van der Waals surface area contributed by atoms with Crippen LogP contribution in [0.15, 0.2) is 72.3 Å². The van der Waals surface area contributed by atoms with E-state index in [1.54, 1.807) is 24.3 Å². The van der Waals surface area contributed by atoms with Gasteiger partial charge in [-0.15, -0.1) is 0 Å². The first-order chi connectivity index (χ1) is 19.3. The van der Waals surface area contributed by atoms with Gasteiger partial charge in [0.1, 0.15) is 11.5 Å². The van der Waals surface area contributed by atoms with E-state index in [1.165, 1.54) is 4.90 Å². The number of ether oxygens (including phenoxy) is 1. The molecule has 0 aromatic heterocycles. The van der Waals surface area contributed by atoms with E-state index in [9.17, 15) is 14.7 Å². The summed E-state index contributed by atoms with van der Waals surface area (Å²) in [7, 11) is 0. The highest BCUT2D eigenvalue weighted by atomic mass is 16.5. The van der Waals surface area contributed by atoms with E-state index in [0.717, 1.165) is 54.7 Å². The first kappa shape index (κ1) is 28.9. The largest absolute Gasteiger partial charge is 0.507 e. The zero-order valence-electron chi connectivity index (χ0n) is 24.2. The van der Waals surface area contributed by atoms with Crippen LogP contribution >= 0.6 is 0 Å². The Morgan fingerprint density at radius 1 is 0.900 bits per heavy atom. The number of unbranched alkanes of at least 4 members (excludes halogenated alkanes) is 2. The number of aryl methyl sites for hydroxylation is 2. The number of ketones is 1. The predicted octanol–water partition coefficient (Wildman–Crippen LogP) is 7.34. The Morgan fingerprint density at radius 3 is 2.17 bits per heavy atom. The van der Waals surface area contributed by atoms with Gasteiger partial charge in [-0.1, -0.05) is 49.6 Å². The number of aliphatic hydroxyl groups excluding tert-OH is 1. The van der Waals surface area contributed by atoms with Gasteiger partial charge in [0.05, 0.1) is 18.2 Å². The Morgan fingerprint density at radius 2 is 1.57 bits per heavy atom. The van der Waals surface area contributed by atoms with Gasteiger partial charge in [0.25, 0.3) is 11.7 Å². The van der Waals surface area contributed by atoms with Gasteiger partial charge in [0.15, 0.2) is 0 Å². The number of aliphatic hydroxyl groups is 1. The molecule has 0 radical (unpaired) electrons. The Labute approximate surface area is 237 Å². The molecule has 6 heteroatoms. The second-order valence-electron chi connectivity index (χ2n) is 10.3. The maximum atomic E-state index is 13.6. The van der Waals surface area contributed by atoms with E-state index in [4.69, 9.17) is 4.74 Å². The normalized spacial score (nSPS) is 16.4. The van der Waals surface area contributed by atoms with Crippen LogP contribution in [0.25, 0.3) is 5.76 Å². The highest BCUT2D eigenvalue weighted by Crippen LogP contribution is 2.43. The molecule has 0 bridgehead atoms. The number of Topliss-reactive ketones (excluding diaryl/α,β-unsaturated/α-hetero) is 1. The molecule has 40 heavy (non-hydrogen) atoms. The maximum Gasteiger partial charge on any atom is 0.300 e. The van der Waals surface area contributed by atoms with Gasteiger partial charge in [-0.25, -0.2) is 0 Å². The fourth-order valence-electron chi connectivity index (χ4n) is 5.33. The van der Waals surface area contributed by atoms with Crippen LogP contribution in [0, 0.1) is 13.8 Å². The molecule has 4 rings (SSSR count). The summed E-state index contributed by atoms with van der Waals surface area (Å²) >= 11 is 0. The van der Waals surface area contributed by atoms with E-state index < -0.39 is 17.7 Å². The zero-order valence-corrected chi connectivity index (χ0v) is 24.2. The van der Waals surface area contributed by atoms with Gasteiger partial charge in [0.2, 0.25) is 0 Å². The molecular weight excluding hydrogens is 500 g/mol. The van der Waals surface area contributed by atoms with Crippen molar-refractivity contribution in [2.75, 3.05) is 29.5 Å². The van der Waals surface area contributed by atoms with Crippen LogP contribution < -0.4 is 14.5 Å². The van der Waals surface area contributed by atoms with E-state index in [-0.39, 0.29) is 11.3 Å². The van der Waals surface area contributed by atoms with E-state index in [2.05, 4.69) is 25.7 Å². The molecule has 0 spiro atoms. The number of carbonyl (C=O) groups excluding carboxylic acids is 2. The van der Waals surface area contributed by atoms with Crippen molar-refractivity contribution in [1.29, 1.82) is 0 Å². The molecule has 1 amide bonds. The lowest BCUT2D eigenvalue weighted by atomic mass is 9.94. The van der Waals surface area contributed by atoms with Crippen LogP contribution in [0.5, 0.6) is 5.75 Å². The van der Waals surface area contributed by atoms with Gasteiger partial charge >= 0.3 is 0 Å². The standard InChI is InChI=1S/C34H40N2O4/c1-6-9-10-21-40-28-18-14-26(15-19-28)32(37)30-31(25-12-16-27(17-13-25)35(7-2)8-3)36(34(39)33(30)38)29-20-11-23(4)22-24(29)5/h11-20,22,31,37H,6-10,21H2,1-5H3/b32-30+. The maximum absolute atomic E-state index is 13.6. The molecule has 3 aromatic rings. The molecular formula is C34H40N2O4. The third-order valence-electron chi connectivity index (χ3n) is 7.54. The second kappa shape index (κ2) is 12.9. The summed E-state index contributed by atoms with van der Waals surface area (Å²) in [5.41, 5.74) is 4.97. The summed E-state index contributed by atoms with van der Waals surface area (Å²) in [6.07, 6.45) is 3.21. The summed E-state index contributed by atoms with van der Waals surface area (Å²) in [4.78, 5) is 30.9. The smallest absolute Gasteiger partial charge is 0.300 e. The number of hydrogen-bond acceptors (Lipinski definition) is 5. The molecule has 1 heterocycles. The summed E-state index contributed by atoms with van der Waals surface area (Å²) in [6, 6.07) is 20.0. The molecule has 1 unspecified atom stereocenters. The Balaban J connectivity index is 1.79. The number of rotatable bonds is 11. The first-order valence-corrected chi connectivity index (χ1v) is 14.3. The second-order valence-corrected chi connectivity index (χ2v) is 10.3. The third kappa shape index (κ3) is 5.91. The minimum atomic E-state index is -0.767. The molecule has 1 aliphatic rings. The molecule has 1 fully saturated rings. The summed E-state index contributed by atoms with van der Waals surface area (Å²) < 4.78 is 5.81. The van der Waals surface area contributed by atoms with E-state index in [0.29, 0.717) is 23.6 Å². The highest BCUT2D eigenvalue weighted by molar-refractivity contribution is 6.51. The number of amides is 1. The van der Waals surface area contributed by atoms with Gasteiger partial charge in [0, 0.05) is 30.0 Å². The van der Waals surface area contributed by atoms with Crippen molar-refractivity contribution in [1.82, 2.24) is 0 Å². The summed E-state index contributed by atoms with van der Waals surface area (Å²) in [6.45, 7) is 12.6. The Bertz CT molecular complexity index is 1370. The lowest BCUT2D eigenvalue weighted by molar-refractivity contribution is -0.132. The van der Waals surface area contributed by atoms with Crippen molar-refractivity contribution in [2.45, 2.75) is 59.9 Å². The zero-order chi connectivity index (χ0) is 28.8. The number of hydrogen-bond donors (Lipinski definition) is 1. The summed E-state index contributed by atoms with van der Waals surface area (Å²) in [5, 5.41) is 11.5. The number of carbonyl (C=O) groups is 2. The lowest BCUT2D eigenvalue weighted by Crippen LogP contribution is -2.30.